The van der Waals surface area contributed by atoms with Crippen LogP contribution in [0, 0.1) is 0 Å². The molecule has 6 nitrogen and oxygen atoms in total. The zero-order chi connectivity index (χ0) is 22.7. The van der Waals surface area contributed by atoms with Gasteiger partial charge in [-0.1, -0.05) is 30.3 Å². The van der Waals surface area contributed by atoms with Gasteiger partial charge in [-0.2, -0.15) is 0 Å². The molecule has 2 aromatic rings. The van der Waals surface area contributed by atoms with E-state index in [1.54, 1.807) is 0 Å². The Kier molecular flexibility index (Phi) is 11.5. The number of halogens is 1. The maximum absolute atomic E-state index is 10.6. The Morgan fingerprint density at radius 1 is 0.875 bits per heavy atom. The number of fused-ring (bicyclic) bond motifs is 1. The molecule has 2 amide bonds. The van der Waals surface area contributed by atoms with Gasteiger partial charge in [0.25, 0.3) is 0 Å². The second-order valence-electron chi connectivity index (χ2n) is 9.50. The van der Waals surface area contributed by atoms with Crippen LogP contribution in [-0.4, -0.2) is 69.2 Å². The molecule has 2 aromatic carbocycles. The van der Waals surface area contributed by atoms with Crippen LogP contribution in [0.4, 0.5) is 5.69 Å². The summed E-state index contributed by atoms with van der Waals surface area (Å²) in [4.78, 5) is 23.7. The predicted molar refractivity (Wildman–Crippen MR) is 129 cm³/mol. The van der Waals surface area contributed by atoms with E-state index < -0.39 is 0 Å². The summed E-state index contributed by atoms with van der Waals surface area (Å²) < 4.78 is 0.904. The van der Waals surface area contributed by atoms with Gasteiger partial charge in [0.15, 0.2) is 0 Å². The lowest BCUT2D eigenvalue weighted by atomic mass is 10.0. The number of nitrogens with zero attached hydrogens (tertiary/aromatic N) is 2. The molecule has 0 heterocycles. The molecule has 0 unspecified atom stereocenters. The summed E-state index contributed by atoms with van der Waals surface area (Å²) in [6, 6.07) is 15.2. The fourth-order valence-electron chi connectivity index (χ4n) is 4.12. The van der Waals surface area contributed by atoms with Crippen molar-refractivity contribution < 1.29 is 26.5 Å². The zero-order valence-electron chi connectivity index (χ0n) is 19.9. The van der Waals surface area contributed by atoms with Crippen LogP contribution in [0.15, 0.2) is 42.5 Å². The van der Waals surface area contributed by atoms with Crippen LogP contribution in [0.25, 0.3) is 10.8 Å². The minimum absolute atomic E-state index is 0. The molecule has 0 spiro atoms. The molecular formula is C25H39ClN4O2. The van der Waals surface area contributed by atoms with Crippen molar-refractivity contribution in [3.05, 3.63) is 42.5 Å². The molecule has 0 bridgehead atoms. The minimum Gasteiger partial charge on any atom is -1.00 e. The van der Waals surface area contributed by atoms with Crippen molar-refractivity contribution in [1.82, 2.24) is 10.6 Å². The fraction of sp³-hybridized carbons (Fsp3) is 0.520. The van der Waals surface area contributed by atoms with Crippen molar-refractivity contribution in [2.75, 3.05) is 51.2 Å². The van der Waals surface area contributed by atoms with Crippen molar-refractivity contribution in [3.63, 3.8) is 0 Å². The van der Waals surface area contributed by atoms with Crippen molar-refractivity contribution in [2.24, 2.45) is 0 Å². The molecule has 0 fully saturated rings. The van der Waals surface area contributed by atoms with Gasteiger partial charge < -0.3 is 32.4 Å². The van der Waals surface area contributed by atoms with E-state index >= 15 is 0 Å². The number of rotatable bonds is 14. The Labute approximate surface area is 199 Å². The number of nitrogens with one attached hydrogen (secondary N) is 2. The molecular weight excluding hydrogens is 424 g/mol. The Bertz CT molecular complexity index is 822. The Balaban J connectivity index is 0.00000512. The highest BCUT2D eigenvalue weighted by atomic mass is 35.5. The third-order valence-corrected chi connectivity index (χ3v) is 5.92. The lowest BCUT2D eigenvalue weighted by Gasteiger charge is -2.42. The smallest absolute Gasteiger partial charge is 0.207 e. The van der Waals surface area contributed by atoms with E-state index in [4.69, 9.17) is 0 Å². The second-order valence-corrected chi connectivity index (χ2v) is 9.50. The highest BCUT2D eigenvalue weighted by Crippen LogP contribution is 2.28. The molecule has 2 N–H and O–H groups in total. The topological polar surface area (TPSA) is 61.4 Å². The van der Waals surface area contributed by atoms with Crippen molar-refractivity contribution in [3.8, 4) is 0 Å². The monoisotopic (exact) mass is 462 g/mol. The van der Waals surface area contributed by atoms with Gasteiger partial charge in [0.1, 0.15) is 0 Å². The molecule has 0 aromatic heterocycles. The summed E-state index contributed by atoms with van der Waals surface area (Å²) in [6.07, 6.45) is 3.39. The fourth-order valence-corrected chi connectivity index (χ4v) is 4.12. The van der Waals surface area contributed by atoms with Crippen LogP contribution in [0.1, 0.15) is 33.6 Å². The van der Waals surface area contributed by atoms with Crippen LogP contribution in [0.3, 0.4) is 0 Å². The van der Waals surface area contributed by atoms with E-state index in [0.29, 0.717) is 13.1 Å². The maximum Gasteiger partial charge on any atom is 0.207 e. The molecule has 178 valence electrons. The molecule has 0 aliphatic carbocycles. The molecule has 0 radical (unpaired) electrons. The average molecular weight is 463 g/mol. The highest BCUT2D eigenvalue weighted by Gasteiger charge is 2.27. The van der Waals surface area contributed by atoms with Gasteiger partial charge in [-0.05, 0) is 43.7 Å². The third kappa shape index (κ3) is 8.67. The van der Waals surface area contributed by atoms with Gasteiger partial charge in [-0.25, -0.2) is 0 Å². The van der Waals surface area contributed by atoms with Gasteiger partial charge in [0.05, 0.1) is 33.2 Å². The highest BCUT2D eigenvalue weighted by molar-refractivity contribution is 5.86. The van der Waals surface area contributed by atoms with E-state index in [9.17, 15) is 9.59 Å². The quantitative estimate of drug-likeness (QED) is 0.239. The number of carbonyl (C=O) groups excluding carboxylic acids is 2. The van der Waals surface area contributed by atoms with Gasteiger partial charge in [0.2, 0.25) is 12.8 Å². The summed E-state index contributed by atoms with van der Waals surface area (Å²) in [5.41, 5.74) is 1.23. The van der Waals surface area contributed by atoms with Gasteiger partial charge >= 0.3 is 0 Å². The Hall–Kier alpha value is -2.31. The van der Waals surface area contributed by atoms with Crippen molar-refractivity contribution in [2.45, 2.75) is 39.2 Å². The van der Waals surface area contributed by atoms with Crippen LogP contribution < -0.4 is 27.9 Å². The van der Waals surface area contributed by atoms with E-state index in [1.165, 1.54) is 16.5 Å². The van der Waals surface area contributed by atoms with Crippen LogP contribution in [0.2, 0.25) is 0 Å². The summed E-state index contributed by atoms with van der Waals surface area (Å²) in [7, 11) is 2.28. The normalized spacial score (nSPS) is 11.5. The SMILES string of the molecule is CC(C)(C)N(CC[N+](C)(CCCNC=O)CCCNC=O)c1ccc2ccccc2c1.[Cl-]. The average Bonchev–Trinajstić information content (AvgIpc) is 2.74. The Morgan fingerprint density at radius 3 is 1.97 bits per heavy atom. The van der Waals surface area contributed by atoms with Crippen LogP contribution in [0.5, 0.6) is 0 Å². The lowest BCUT2D eigenvalue weighted by Crippen LogP contribution is -3.00. The van der Waals surface area contributed by atoms with Crippen LogP contribution in [-0.2, 0) is 9.59 Å². The standard InChI is InChI=1S/C25H38N4O2.ClH/c1-25(2,3)28(24-12-11-22-9-5-6-10-23(22)19-24)15-18-29(4,16-7-13-26-20-30)17-8-14-27-21-31;/h5-6,9-12,19-21H,7-8,13-18H2,1-4H3,(H-,26,27,30,31);1H. The first kappa shape index (κ1) is 27.7. The minimum atomic E-state index is -0.00850. The van der Waals surface area contributed by atoms with Crippen LogP contribution >= 0.6 is 0 Å². The van der Waals surface area contributed by atoms with E-state index in [0.717, 1.165) is 56.3 Å². The number of quaternary nitrogens is 1. The molecule has 0 atom stereocenters. The third-order valence-electron chi connectivity index (χ3n) is 5.92. The number of hydrogen-bond donors (Lipinski definition) is 2. The predicted octanol–water partition coefficient (Wildman–Crippen LogP) is 0.168. The second kappa shape index (κ2) is 13.3. The molecule has 0 saturated carbocycles. The molecule has 2 rings (SSSR count). The molecule has 7 heteroatoms. The Morgan fingerprint density at radius 2 is 1.44 bits per heavy atom. The van der Waals surface area contributed by atoms with E-state index in [-0.39, 0.29) is 17.9 Å². The number of benzene rings is 2. The zero-order valence-corrected chi connectivity index (χ0v) is 20.7. The maximum atomic E-state index is 10.6. The first-order valence-electron chi connectivity index (χ1n) is 11.2. The van der Waals surface area contributed by atoms with Gasteiger partial charge in [-0.15, -0.1) is 0 Å². The lowest BCUT2D eigenvalue weighted by molar-refractivity contribution is -0.908. The number of carbonyl (C=O) groups is 2. The molecule has 32 heavy (non-hydrogen) atoms. The van der Waals surface area contributed by atoms with Gasteiger partial charge in [-0.3, -0.25) is 9.59 Å². The van der Waals surface area contributed by atoms with E-state index in [1.807, 2.05) is 0 Å². The first-order valence-corrected chi connectivity index (χ1v) is 11.2. The summed E-state index contributed by atoms with van der Waals surface area (Å²) in [5.74, 6) is 0. The number of likely N-dealkylation sites (N-methyl/N-ethyl adjacent to an activating group) is 1. The number of hydrogen-bond acceptors (Lipinski definition) is 3. The van der Waals surface area contributed by atoms with Gasteiger partial charge in [0, 0.05) is 37.2 Å². The van der Waals surface area contributed by atoms with Crippen molar-refractivity contribution in [1.29, 1.82) is 0 Å². The summed E-state index contributed by atoms with van der Waals surface area (Å²) >= 11 is 0. The number of amides is 2. The van der Waals surface area contributed by atoms with E-state index in [2.05, 4.69) is 85.8 Å². The molecule has 0 aliphatic rings. The first-order chi connectivity index (χ1) is 14.8. The molecule has 0 saturated heterocycles. The largest absolute Gasteiger partial charge is 1.00 e. The summed E-state index contributed by atoms with van der Waals surface area (Å²) in [6.45, 7) is 12.1. The summed E-state index contributed by atoms with van der Waals surface area (Å²) in [5, 5.41) is 8.05. The molecule has 0 aliphatic heterocycles. The van der Waals surface area contributed by atoms with Crippen molar-refractivity contribution >= 4 is 29.3 Å². The number of anilines is 1.